The van der Waals surface area contributed by atoms with Crippen LogP contribution in [-0.4, -0.2) is 39.4 Å². The Balaban J connectivity index is 1.58. The number of hydrogen-bond donors (Lipinski definition) is 1. The number of rotatable bonds is 7. The van der Waals surface area contributed by atoms with Gasteiger partial charge in [0.2, 0.25) is 16.8 Å². The summed E-state index contributed by atoms with van der Waals surface area (Å²) < 4.78 is 37.4. The van der Waals surface area contributed by atoms with E-state index in [1.807, 2.05) is 6.07 Å². The molecule has 142 valence electrons. The first kappa shape index (κ1) is 18.8. The number of hydrogen-bond acceptors (Lipinski definition) is 7. The highest BCUT2D eigenvalue weighted by molar-refractivity contribution is 7.89. The molecule has 0 aliphatic carbocycles. The van der Waals surface area contributed by atoms with Crippen LogP contribution < -0.4 is 14.2 Å². The second-order valence-electron chi connectivity index (χ2n) is 5.75. The average Bonchev–Trinajstić information content (AvgIpc) is 3.09. The molecule has 1 aliphatic rings. The Morgan fingerprint density at radius 2 is 2.00 bits per heavy atom. The number of nitrogens with one attached hydrogen (secondary N) is 1. The third kappa shape index (κ3) is 4.41. The van der Waals surface area contributed by atoms with Gasteiger partial charge in [-0.3, -0.25) is 15.1 Å². The fraction of sp³-hybridized carbons (Fsp3) is 0.235. The molecule has 0 atom stereocenters. The first-order valence-electron chi connectivity index (χ1n) is 8.01. The Bertz CT molecular complexity index is 1000. The topological polar surface area (TPSA) is 120 Å². The van der Waals surface area contributed by atoms with Crippen LogP contribution in [0.4, 0.5) is 5.69 Å². The predicted octanol–water partition coefficient (Wildman–Crippen LogP) is 2.03. The molecule has 0 spiro atoms. The maximum absolute atomic E-state index is 12.3. The first-order chi connectivity index (χ1) is 12.9. The molecule has 0 saturated heterocycles. The Hall–Kier alpha value is -2.98. The second kappa shape index (κ2) is 7.72. The summed E-state index contributed by atoms with van der Waals surface area (Å²) in [6.07, 6.45) is 1.60. The van der Waals surface area contributed by atoms with E-state index in [2.05, 4.69) is 9.71 Å². The van der Waals surface area contributed by atoms with Gasteiger partial charge in [0.05, 0.1) is 16.4 Å². The van der Waals surface area contributed by atoms with E-state index < -0.39 is 14.9 Å². The van der Waals surface area contributed by atoms with Crippen molar-refractivity contribution in [1.82, 2.24) is 4.72 Å². The van der Waals surface area contributed by atoms with E-state index >= 15 is 0 Å². The standard InChI is InChI=1S/C17H17N3O6S/c1-12-2-4-14(9-15(12)20(21)22)27(23,24)19-7-6-18-10-13-3-5-16-17(8-13)26-11-25-16/h2-5,8-10,19H,6-7,11H2,1H3. The monoisotopic (exact) mass is 391 g/mol. The molecule has 0 saturated carbocycles. The van der Waals surface area contributed by atoms with Gasteiger partial charge in [-0.25, -0.2) is 13.1 Å². The Labute approximate surface area is 155 Å². The highest BCUT2D eigenvalue weighted by atomic mass is 32.2. The van der Waals surface area contributed by atoms with Gasteiger partial charge >= 0.3 is 0 Å². The summed E-state index contributed by atoms with van der Waals surface area (Å²) in [6.45, 7) is 2.01. The molecule has 0 amide bonds. The molecule has 2 aromatic rings. The molecule has 0 unspecified atom stereocenters. The van der Waals surface area contributed by atoms with E-state index in [0.717, 1.165) is 11.6 Å². The first-order valence-corrected chi connectivity index (χ1v) is 9.49. The lowest BCUT2D eigenvalue weighted by Gasteiger charge is -2.06. The smallest absolute Gasteiger partial charge is 0.273 e. The molecular formula is C17H17N3O6S. The molecule has 0 radical (unpaired) electrons. The summed E-state index contributed by atoms with van der Waals surface area (Å²) >= 11 is 0. The zero-order valence-corrected chi connectivity index (χ0v) is 15.2. The summed E-state index contributed by atoms with van der Waals surface area (Å²) in [7, 11) is -3.85. The highest BCUT2D eigenvalue weighted by Gasteiger charge is 2.19. The van der Waals surface area contributed by atoms with Crippen molar-refractivity contribution in [1.29, 1.82) is 0 Å². The Morgan fingerprint density at radius 3 is 2.78 bits per heavy atom. The molecule has 0 aromatic heterocycles. The van der Waals surface area contributed by atoms with Crippen LogP contribution in [-0.2, 0) is 10.0 Å². The molecule has 9 nitrogen and oxygen atoms in total. The predicted molar refractivity (Wildman–Crippen MR) is 98.0 cm³/mol. The normalized spacial score (nSPS) is 13.2. The summed E-state index contributed by atoms with van der Waals surface area (Å²) in [5.41, 5.74) is 0.960. The van der Waals surface area contributed by atoms with E-state index in [0.29, 0.717) is 17.1 Å². The van der Waals surface area contributed by atoms with Crippen LogP contribution in [0.1, 0.15) is 11.1 Å². The SMILES string of the molecule is Cc1ccc(S(=O)(=O)NCCN=Cc2ccc3c(c2)OCO3)cc1[N+](=O)[O-]. The molecule has 1 heterocycles. The van der Waals surface area contributed by atoms with E-state index in [1.165, 1.54) is 12.1 Å². The van der Waals surface area contributed by atoms with Crippen molar-refractivity contribution in [2.24, 2.45) is 4.99 Å². The van der Waals surface area contributed by atoms with Gasteiger partial charge in [-0.15, -0.1) is 0 Å². The van der Waals surface area contributed by atoms with Gasteiger partial charge in [0, 0.05) is 24.4 Å². The summed E-state index contributed by atoms with van der Waals surface area (Å²) in [6, 6.07) is 9.16. The van der Waals surface area contributed by atoms with Crippen molar-refractivity contribution in [3.05, 3.63) is 57.6 Å². The lowest BCUT2D eigenvalue weighted by molar-refractivity contribution is -0.385. The summed E-state index contributed by atoms with van der Waals surface area (Å²) in [5.74, 6) is 1.31. The van der Waals surface area contributed by atoms with Crippen LogP contribution in [0.3, 0.4) is 0 Å². The lowest BCUT2D eigenvalue weighted by atomic mass is 10.2. The molecule has 0 fully saturated rings. The zero-order valence-electron chi connectivity index (χ0n) is 14.4. The Kier molecular flexibility index (Phi) is 5.38. The molecule has 0 bridgehead atoms. The number of sulfonamides is 1. The van der Waals surface area contributed by atoms with Gasteiger partial charge in [0.1, 0.15) is 0 Å². The van der Waals surface area contributed by atoms with Gasteiger partial charge in [0.15, 0.2) is 11.5 Å². The minimum absolute atomic E-state index is 0.0606. The minimum atomic E-state index is -3.85. The number of fused-ring (bicyclic) bond motifs is 1. The van der Waals surface area contributed by atoms with Crippen LogP contribution in [0.5, 0.6) is 11.5 Å². The number of ether oxygens (including phenoxy) is 2. The second-order valence-corrected chi connectivity index (χ2v) is 7.52. The maximum Gasteiger partial charge on any atom is 0.273 e. The highest BCUT2D eigenvalue weighted by Crippen LogP contribution is 2.32. The molecule has 2 aromatic carbocycles. The van der Waals surface area contributed by atoms with E-state index in [4.69, 9.17) is 9.47 Å². The van der Waals surface area contributed by atoms with Gasteiger partial charge in [-0.05, 0) is 36.8 Å². The Morgan fingerprint density at radius 1 is 1.22 bits per heavy atom. The lowest BCUT2D eigenvalue weighted by Crippen LogP contribution is -2.26. The van der Waals surface area contributed by atoms with Crippen LogP contribution in [0.25, 0.3) is 0 Å². The molecule has 10 heteroatoms. The van der Waals surface area contributed by atoms with Crippen LogP contribution in [0.15, 0.2) is 46.3 Å². The van der Waals surface area contributed by atoms with Crippen LogP contribution in [0.2, 0.25) is 0 Å². The number of nitrogens with zero attached hydrogens (tertiary/aromatic N) is 2. The molecule has 27 heavy (non-hydrogen) atoms. The molecule has 3 rings (SSSR count). The summed E-state index contributed by atoms with van der Waals surface area (Å²) in [5, 5.41) is 11.0. The van der Waals surface area contributed by atoms with Gasteiger partial charge in [0.25, 0.3) is 5.69 Å². The largest absolute Gasteiger partial charge is 0.454 e. The van der Waals surface area contributed by atoms with Crippen LogP contribution >= 0.6 is 0 Å². The summed E-state index contributed by atoms with van der Waals surface area (Å²) in [4.78, 5) is 14.4. The quantitative estimate of drug-likeness (QED) is 0.334. The van der Waals surface area contributed by atoms with Crippen molar-refractivity contribution < 1.29 is 22.8 Å². The third-order valence-corrected chi connectivity index (χ3v) is 5.32. The van der Waals surface area contributed by atoms with Crippen molar-refractivity contribution in [3.63, 3.8) is 0 Å². The van der Waals surface area contributed by atoms with Crippen molar-refractivity contribution in [2.45, 2.75) is 11.8 Å². The molecular weight excluding hydrogens is 374 g/mol. The van der Waals surface area contributed by atoms with E-state index in [-0.39, 0.29) is 30.5 Å². The van der Waals surface area contributed by atoms with Gasteiger partial charge in [-0.2, -0.15) is 0 Å². The van der Waals surface area contributed by atoms with Crippen molar-refractivity contribution >= 4 is 21.9 Å². The van der Waals surface area contributed by atoms with Crippen LogP contribution in [0, 0.1) is 17.0 Å². The number of nitro groups is 1. The number of benzene rings is 2. The van der Waals surface area contributed by atoms with Gasteiger partial charge in [-0.1, -0.05) is 6.07 Å². The number of aliphatic imine (C=N–C) groups is 1. The zero-order chi connectivity index (χ0) is 19.4. The minimum Gasteiger partial charge on any atom is -0.454 e. The van der Waals surface area contributed by atoms with Crippen molar-refractivity contribution in [3.8, 4) is 11.5 Å². The van der Waals surface area contributed by atoms with E-state index in [1.54, 1.807) is 25.3 Å². The van der Waals surface area contributed by atoms with Gasteiger partial charge < -0.3 is 9.47 Å². The fourth-order valence-electron chi connectivity index (χ4n) is 2.44. The number of nitro benzene ring substituents is 1. The molecule has 1 N–H and O–H groups in total. The number of aryl methyl sites for hydroxylation is 1. The maximum atomic E-state index is 12.3. The third-order valence-electron chi connectivity index (χ3n) is 3.86. The van der Waals surface area contributed by atoms with Crippen molar-refractivity contribution in [2.75, 3.05) is 19.9 Å². The van der Waals surface area contributed by atoms with E-state index in [9.17, 15) is 18.5 Å². The molecule has 1 aliphatic heterocycles. The average molecular weight is 391 g/mol. The fourth-order valence-corrected chi connectivity index (χ4v) is 3.48.